The van der Waals surface area contributed by atoms with E-state index in [1.807, 2.05) is 44.2 Å². The number of aliphatic hydroxyl groups excluding tert-OH is 1. The molecule has 1 saturated heterocycles. The van der Waals surface area contributed by atoms with Gasteiger partial charge in [-0.15, -0.1) is 0 Å². The maximum atomic E-state index is 14.1. The Morgan fingerprint density at radius 2 is 1.91 bits per heavy atom. The molecule has 1 unspecified atom stereocenters. The van der Waals surface area contributed by atoms with Crippen LogP contribution in [0.25, 0.3) is 6.08 Å². The predicted octanol–water partition coefficient (Wildman–Crippen LogP) is 4.74. The summed E-state index contributed by atoms with van der Waals surface area (Å²) in [7, 11) is 0. The number of hydrogen-bond donors (Lipinski definition) is 1. The Morgan fingerprint density at radius 3 is 2.62 bits per heavy atom. The van der Waals surface area contributed by atoms with Crippen LogP contribution in [-0.4, -0.2) is 40.3 Å². The minimum atomic E-state index is -1.43. The van der Waals surface area contributed by atoms with E-state index < -0.39 is 29.2 Å². The van der Waals surface area contributed by atoms with Gasteiger partial charge < -0.3 is 14.6 Å². The summed E-state index contributed by atoms with van der Waals surface area (Å²) in [4.78, 5) is 27.2. The van der Waals surface area contributed by atoms with Crippen molar-refractivity contribution in [3.63, 3.8) is 0 Å². The van der Waals surface area contributed by atoms with E-state index in [0.29, 0.717) is 23.8 Å². The smallest absolute Gasteiger partial charge is 0.331 e. The van der Waals surface area contributed by atoms with E-state index in [-0.39, 0.29) is 23.2 Å². The van der Waals surface area contributed by atoms with Crippen LogP contribution in [0.15, 0.2) is 48.1 Å². The molecule has 2 saturated carbocycles. The van der Waals surface area contributed by atoms with Crippen LogP contribution >= 0.6 is 0 Å². The number of fused-ring (bicyclic) bond motifs is 4. The number of hydrogen-bond acceptors (Lipinski definition) is 5. The van der Waals surface area contributed by atoms with Gasteiger partial charge in [-0.2, -0.15) is 0 Å². The molecule has 0 radical (unpaired) electrons. The first-order valence-electron chi connectivity index (χ1n) is 12.5. The molecule has 4 aliphatic rings. The van der Waals surface area contributed by atoms with Crippen LogP contribution in [0.2, 0.25) is 0 Å². The minimum absolute atomic E-state index is 0.144. The molecule has 0 amide bonds. The molecular formula is C29H36O5. The number of aliphatic hydroxyl groups is 1. The highest BCUT2D eigenvalue weighted by Gasteiger charge is 2.71. The third kappa shape index (κ3) is 3.68. The van der Waals surface area contributed by atoms with E-state index in [2.05, 4.69) is 26.8 Å². The maximum absolute atomic E-state index is 14.1. The third-order valence-electron chi connectivity index (χ3n) is 9.14. The molecule has 34 heavy (non-hydrogen) atoms. The van der Waals surface area contributed by atoms with Crippen molar-refractivity contribution in [1.29, 1.82) is 0 Å². The first-order valence-corrected chi connectivity index (χ1v) is 12.5. The largest absolute Gasteiger partial charge is 0.447 e. The Balaban J connectivity index is 1.53. The Labute approximate surface area is 202 Å². The molecule has 0 aromatic heterocycles. The van der Waals surface area contributed by atoms with Crippen LogP contribution in [0.4, 0.5) is 0 Å². The molecule has 182 valence electrons. The fourth-order valence-corrected chi connectivity index (χ4v) is 6.83. The Morgan fingerprint density at radius 1 is 1.21 bits per heavy atom. The average Bonchev–Trinajstić information content (AvgIpc) is 3.57. The summed E-state index contributed by atoms with van der Waals surface area (Å²) in [5.74, 6) is -0.704. The number of allylic oxidation sites excluding steroid dienone is 1. The molecule has 5 rings (SSSR count). The molecule has 1 heterocycles. The minimum Gasteiger partial charge on any atom is -0.447 e. The lowest BCUT2D eigenvalue weighted by atomic mass is 9.77. The zero-order chi connectivity index (χ0) is 24.5. The van der Waals surface area contributed by atoms with E-state index in [9.17, 15) is 14.7 Å². The van der Waals surface area contributed by atoms with Gasteiger partial charge in [0.2, 0.25) is 5.78 Å². The van der Waals surface area contributed by atoms with E-state index in [4.69, 9.17) is 9.47 Å². The number of esters is 1. The zero-order valence-corrected chi connectivity index (χ0v) is 20.8. The third-order valence-corrected chi connectivity index (χ3v) is 9.14. The van der Waals surface area contributed by atoms with Gasteiger partial charge in [-0.3, -0.25) is 4.79 Å². The monoisotopic (exact) mass is 464 g/mol. The van der Waals surface area contributed by atoms with Crippen molar-refractivity contribution in [3.05, 3.63) is 53.6 Å². The molecule has 3 aliphatic carbocycles. The molecular weight excluding hydrogens is 428 g/mol. The highest BCUT2D eigenvalue weighted by atomic mass is 16.6. The molecule has 5 heteroatoms. The number of ether oxygens (including phenoxy) is 2. The van der Waals surface area contributed by atoms with E-state index in [1.54, 1.807) is 6.08 Å². The zero-order valence-electron chi connectivity index (χ0n) is 20.8. The number of epoxide rings is 1. The van der Waals surface area contributed by atoms with Gasteiger partial charge in [0.1, 0.15) is 0 Å². The second kappa shape index (κ2) is 7.89. The van der Waals surface area contributed by atoms with Crippen molar-refractivity contribution in [3.8, 4) is 0 Å². The van der Waals surface area contributed by atoms with Gasteiger partial charge in [0.15, 0.2) is 5.60 Å². The number of carbonyl (C=O) groups excluding carboxylic acids is 2. The first-order chi connectivity index (χ1) is 16.0. The van der Waals surface area contributed by atoms with Gasteiger partial charge in [0.05, 0.1) is 23.7 Å². The summed E-state index contributed by atoms with van der Waals surface area (Å²) in [6.45, 7) is 10.3. The van der Waals surface area contributed by atoms with Gasteiger partial charge >= 0.3 is 5.97 Å². The van der Waals surface area contributed by atoms with Gasteiger partial charge in [0.25, 0.3) is 0 Å². The lowest BCUT2D eigenvalue weighted by molar-refractivity contribution is -0.168. The van der Waals surface area contributed by atoms with Gasteiger partial charge in [-0.1, -0.05) is 57.2 Å². The molecule has 5 nitrogen and oxygen atoms in total. The average molecular weight is 465 g/mol. The van der Waals surface area contributed by atoms with Crippen LogP contribution in [0.3, 0.4) is 0 Å². The normalized spacial score (nSPS) is 44.2. The second-order valence-corrected chi connectivity index (χ2v) is 11.8. The lowest BCUT2D eigenvalue weighted by Gasteiger charge is -2.34. The highest BCUT2D eigenvalue weighted by Crippen LogP contribution is 2.64. The highest BCUT2D eigenvalue weighted by molar-refractivity contribution is 6.04. The van der Waals surface area contributed by atoms with Crippen molar-refractivity contribution in [2.45, 2.75) is 77.3 Å². The van der Waals surface area contributed by atoms with Crippen LogP contribution in [0, 0.1) is 29.1 Å². The summed E-state index contributed by atoms with van der Waals surface area (Å²) in [6.07, 6.45) is 6.26. The lowest BCUT2D eigenvalue weighted by Crippen LogP contribution is -2.52. The Hall–Kier alpha value is -2.24. The van der Waals surface area contributed by atoms with Crippen molar-refractivity contribution in [2.24, 2.45) is 29.1 Å². The molecule has 1 aromatic rings. The fraction of sp³-hybridized carbons (Fsp3) is 0.586. The molecule has 0 spiro atoms. The number of Topliss-reactive ketones (excluding diaryl/α,β-unsaturated/α-hetero) is 1. The van der Waals surface area contributed by atoms with E-state index in [0.717, 1.165) is 18.4 Å². The summed E-state index contributed by atoms with van der Waals surface area (Å²) in [5, 5.41) is 11.2. The fourth-order valence-electron chi connectivity index (χ4n) is 6.83. The number of carbonyl (C=O) groups is 2. The van der Waals surface area contributed by atoms with E-state index in [1.165, 1.54) is 6.08 Å². The second-order valence-electron chi connectivity index (χ2n) is 11.8. The first kappa shape index (κ1) is 23.5. The summed E-state index contributed by atoms with van der Waals surface area (Å²) in [6, 6.07) is 9.50. The van der Waals surface area contributed by atoms with Crippen molar-refractivity contribution < 1.29 is 24.2 Å². The van der Waals surface area contributed by atoms with Gasteiger partial charge in [0, 0.05) is 12.5 Å². The number of rotatable bonds is 3. The summed E-state index contributed by atoms with van der Waals surface area (Å²) in [5.41, 5.74) is -0.200. The van der Waals surface area contributed by atoms with Crippen molar-refractivity contribution in [1.82, 2.24) is 0 Å². The van der Waals surface area contributed by atoms with Crippen molar-refractivity contribution >= 4 is 17.8 Å². The van der Waals surface area contributed by atoms with Crippen LogP contribution < -0.4 is 0 Å². The molecule has 1 N–H and O–H groups in total. The Kier molecular flexibility index (Phi) is 5.45. The molecule has 3 fully saturated rings. The number of benzene rings is 1. The Bertz CT molecular complexity index is 1060. The summed E-state index contributed by atoms with van der Waals surface area (Å²) < 4.78 is 12.3. The SMILES string of the molecule is C/C1=C\[C@@H]2[C@H](CC[C@@]3(C)O[C@@H]3[C@H]3[C@@H](O)[C@@H](C)CC3(OC(=O)/C=C/c3ccccc3)C1=O)C2(C)C. The molecule has 8 atom stereocenters. The topological polar surface area (TPSA) is 76.1 Å². The quantitative estimate of drug-likeness (QED) is 0.397. The maximum Gasteiger partial charge on any atom is 0.331 e. The van der Waals surface area contributed by atoms with Crippen molar-refractivity contribution in [2.75, 3.05) is 0 Å². The molecule has 1 aromatic carbocycles. The van der Waals surface area contributed by atoms with Crippen LogP contribution in [-0.2, 0) is 19.1 Å². The van der Waals surface area contributed by atoms with E-state index >= 15 is 0 Å². The van der Waals surface area contributed by atoms with Gasteiger partial charge in [-0.05, 0) is 67.1 Å². The molecule has 0 bridgehead atoms. The van der Waals surface area contributed by atoms with Gasteiger partial charge in [-0.25, -0.2) is 4.79 Å². The van der Waals surface area contributed by atoms with Crippen LogP contribution in [0.5, 0.6) is 0 Å². The molecule has 1 aliphatic heterocycles. The summed E-state index contributed by atoms with van der Waals surface area (Å²) >= 11 is 0. The van der Waals surface area contributed by atoms with Crippen LogP contribution in [0.1, 0.15) is 59.4 Å². The standard InChI is InChI=1S/C29H36O5/c1-17-15-21-20(27(21,3)4)13-14-28(5)26(34-28)23-24(31)18(2)16-29(23,25(17)32)33-22(30)12-11-19-9-7-6-8-10-19/h6-12,15,18,20-21,23-24,26,31H,13-14,16H2,1-5H3/b12-11+,17-15+/t18-,20-,21+,23+,24-,26+,28+,29?/m0/s1. The number of ketones is 1. The predicted molar refractivity (Wildman–Crippen MR) is 130 cm³/mol.